The van der Waals surface area contributed by atoms with Gasteiger partial charge in [-0.15, -0.1) is 0 Å². The van der Waals surface area contributed by atoms with Gasteiger partial charge in [-0.3, -0.25) is 14.0 Å². The van der Waals surface area contributed by atoms with Gasteiger partial charge in [0.1, 0.15) is 11.2 Å². The highest BCUT2D eigenvalue weighted by molar-refractivity contribution is 5.93. The van der Waals surface area contributed by atoms with Gasteiger partial charge < -0.3 is 10.4 Å². The van der Waals surface area contributed by atoms with Crippen LogP contribution in [0.25, 0.3) is 5.65 Å². The zero-order valence-corrected chi connectivity index (χ0v) is 14.0. The number of aromatic nitrogens is 2. The van der Waals surface area contributed by atoms with E-state index in [4.69, 9.17) is 0 Å². The second-order valence-electron chi connectivity index (χ2n) is 6.76. The van der Waals surface area contributed by atoms with E-state index in [1.807, 2.05) is 26.8 Å². The van der Waals surface area contributed by atoms with Gasteiger partial charge in [-0.25, -0.2) is 4.98 Å². The SMILES string of the molecule is Cc1cccn2c(=O)c(C(=O)NCC(C)(C)CC(C)O)cnc12. The molecule has 0 aliphatic heterocycles. The number of nitrogens with one attached hydrogen (secondary N) is 1. The van der Waals surface area contributed by atoms with E-state index in [-0.39, 0.29) is 16.5 Å². The van der Waals surface area contributed by atoms with Gasteiger partial charge in [0.05, 0.1) is 6.10 Å². The summed E-state index contributed by atoms with van der Waals surface area (Å²) in [5.74, 6) is -0.447. The van der Waals surface area contributed by atoms with Crippen LogP contribution in [0.3, 0.4) is 0 Å². The first kappa shape index (κ1) is 17.1. The van der Waals surface area contributed by atoms with E-state index in [0.717, 1.165) is 5.56 Å². The molecule has 1 atom stereocenters. The molecule has 0 saturated heterocycles. The van der Waals surface area contributed by atoms with Crippen molar-refractivity contribution in [3.8, 4) is 0 Å². The Morgan fingerprint density at radius 2 is 2.17 bits per heavy atom. The highest BCUT2D eigenvalue weighted by atomic mass is 16.3. The normalized spacial score (nSPS) is 13.1. The predicted octanol–water partition coefficient (Wildman–Crippen LogP) is 1.53. The molecule has 0 aromatic carbocycles. The topological polar surface area (TPSA) is 83.7 Å². The Balaban J connectivity index is 2.22. The van der Waals surface area contributed by atoms with Crippen LogP contribution in [0.4, 0.5) is 0 Å². The maximum Gasteiger partial charge on any atom is 0.270 e. The maximum atomic E-state index is 12.4. The summed E-state index contributed by atoms with van der Waals surface area (Å²) in [5, 5.41) is 12.2. The van der Waals surface area contributed by atoms with E-state index in [0.29, 0.717) is 18.6 Å². The number of aliphatic hydroxyl groups is 1. The van der Waals surface area contributed by atoms with Crippen molar-refractivity contribution in [2.24, 2.45) is 5.41 Å². The number of hydrogen-bond donors (Lipinski definition) is 2. The fraction of sp³-hybridized carbons (Fsp3) is 0.471. The van der Waals surface area contributed by atoms with Crippen molar-refractivity contribution < 1.29 is 9.90 Å². The molecule has 0 radical (unpaired) electrons. The molecule has 1 unspecified atom stereocenters. The lowest BCUT2D eigenvalue weighted by molar-refractivity contribution is 0.0900. The van der Waals surface area contributed by atoms with Crippen LogP contribution in [0, 0.1) is 12.3 Å². The summed E-state index contributed by atoms with van der Waals surface area (Å²) in [4.78, 5) is 29.0. The third-order valence-corrected chi connectivity index (χ3v) is 3.75. The number of aryl methyl sites for hydroxylation is 1. The van der Waals surface area contributed by atoms with Crippen molar-refractivity contribution in [1.29, 1.82) is 0 Å². The summed E-state index contributed by atoms with van der Waals surface area (Å²) in [7, 11) is 0. The smallest absolute Gasteiger partial charge is 0.270 e. The minimum atomic E-state index is -0.447. The van der Waals surface area contributed by atoms with Gasteiger partial charge in [0.25, 0.3) is 11.5 Å². The third-order valence-electron chi connectivity index (χ3n) is 3.75. The Kier molecular flexibility index (Phi) is 4.85. The lowest BCUT2D eigenvalue weighted by Crippen LogP contribution is -2.38. The fourth-order valence-corrected chi connectivity index (χ4v) is 2.69. The lowest BCUT2D eigenvalue weighted by Gasteiger charge is -2.26. The molecule has 2 aromatic rings. The van der Waals surface area contributed by atoms with Crippen LogP contribution in [-0.2, 0) is 0 Å². The van der Waals surface area contributed by atoms with E-state index in [2.05, 4.69) is 10.3 Å². The quantitative estimate of drug-likeness (QED) is 0.876. The minimum absolute atomic E-state index is 0.0148. The van der Waals surface area contributed by atoms with Crippen LogP contribution in [0.2, 0.25) is 0 Å². The molecular weight excluding hydrogens is 294 g/mol. The Morgan fingerprint density at radius 3 is 2.83 bits per heavy atom. The second-order valence-corrected chi connectivity index (χ2v) is 6.76. The maximum absolute atomic E-state index is 12.4. The molecule has 2 N–H and O–H groups in total. The zero-order valence-electron chi connectivity index (χ0n) is 14.0. The molecule has 6 heteroatoms. The largest absolute Gasteiger partial charge is 0.393 e. The molecule has 6 nitrogen and oxygen atoms in total. The molecule has 124 valence electrons. The molecule has 0 aliphatic carbocycles. The van der Waals surface area contributed by atoms with Crippen molar-refractivity contribution in [2.75, 3.05) is 6.54 Å². The number of carbonyl (C=O) groups is 1. The number of hydrogen-bond acceptors (Lipinski definition) is 4. The van der Waals surface area contributed by atoms with Gasteiger partial charge in [0.2, 0.25) is 0 Å². The van der Waals surface area contributed by atoms with Gasteiger partial charge in [0, 0.05) is 18.9 Å². The number of carbonyl (C=O) groups excluding carboxylic acids is 1. The van der Waals surface area contributed by atoms with Crippen molar-refractivity contribution in [2.45, 2.75) is 40.2 Å². The standard InChI is InChI=1S/C17H23N3O3/c1-11-6-5-7-20-14(11)18-9-13(16(20)23)15(22)19-10-17(3,4)8-12(2)21/h5-7,9,12,21H,8,10H2,1-4H3,(H,19,22). The van der Waals surface area contributed by atoms with Crippen LogP contribution in [0.5, 0.6) is 0 Å². The van der Waals surface area contributed by atoms with Crippen molar-refractivity contribution in [1.82, 2.24) is 14.7 Å². The van der Waals surface area contributed by atoms with E-state index in [1.54, 1.807) is 19.2 Å². The summed E-state index contributed by atoms with van der Waals surface area (Å²) in [6, 6.07) is 3.61. The highest BCUT2D eigenvalue weighted by Gasteiger charge is 2.22. The summed E-state index contributed by atoms with van der Waals surface area (Å²) in [5.41, 5.74) is 0.782. The van der Waals surface area contributed by atoms with Gasteiger partial charge >= 0.3 is 0 Å². The van der Waals surface area contributed by atoms with Gasteiger partial charge in [0.15, 0.2) is 0 Å². The fourth-order valence-electron chi connectivity index (χ4n) is 2.69. The monoisotopic (exact) mass is 317 g/mol. The molecule has 0 saturated carbocycles. The van der Waals surface area contributed by atoms with Crippen LogP contribution >= 0.6 is 0 Å². The van der Waals surface area contributed by atoms with Crippen molar-refractivity contribution in [3.63, 3.8) is 0 Å². The van der Waals surface area contributed by atoms with E-state index < -0.39 is 12.0 Å². The molecule has 0 bridgehead atoms. The average Bonchev–Trinajstić information content (AvgIpc) is 2.45. The van der Waals surface area contributed by atoms with E-state index in [1.165, 1.54) is 10.6 Å². The molecule has 2 aromatic heterocycles. The number of rotatable bonds is 5. The van der Waals surface area contributed by atoms with Gasteiger partial charge in [-0.2, -0.15) is 0 Å². The zero-order chi connectivity index (χ0) is 17.2. The number of aliphatic hydroxyl groups excluding tert-OH is 1. The van der Waals surface area contributed by atoms with Gasteiger partial charge in [-0.05, 0) is 37.3 Å². The summed E-state index contributed by atoms with van der Waals surface area (Å²) in [6.45, 7) is 7.85. The van der Waals surface area contributed by atoms with Crippen LogP contribution < -0.4 is 10.9 Å². The molecule has 0 fully saturated rings. The van der Waals surface area contributed by atoms with Crippen molar-refractivity contribution in [3.05, 3.63) is 46.0 Å². The molecule has 2 heterocycles. The average molecular weight is 317 g/mol. The molecule has 0 spiro atoms. The number of nitrogens with zero attached hydrogens (tertiary/aromatic N) is 2. The second kappa shape index (κ2) is 6.50. The first-order valence-electron chi connectivity index (χ1n) is 7.64. The third kappa shape index (κ3) is 3.96. The molecule has 1 amide bonds. The lowest BCUT2D eigenvalue weighted by atomic mass is 9.87. The first-order valence-corrected chi connectivity index (χ1v) is 7.64. The number of pyridine rings is 1. The summed E-state index contributed by atoms with van der Waals surface area (Å²) >= 11 is 0. The van der Waals surface area contributed by atoms with Crippen LogP contribution in [-0.4, -0.2) is 33.0 Å². The van der Waals surface area contributed by atoms with Gasteiger partial charge in [-0.1, -0.05) is 19.9 Å². The van der Waals surface area contributed by atoms with Crippen molar-refractivity contribution >= 4 is 11.6 Å². The Labute approximate surface area is 135 Å². The number of amides is 1. The van der Waals surface area contributed by atoms with E-state index >= 15 is 0 Å². The minimum Gasteiger partial charge on any atom is -0.393 e. The van der Waals surface area contributed by atoms with Crippen LogP contribution in [0.1, 0.15) is 43.1 Å². The Bertz CT molecular complexity index is 778. The predicted molar refractivity (Wildman–Crippen MR) is 88.6 cm³/mol. The summed E-state index contributed by atoms with van der Waals surface area (Å²) in [6.07, 6.45) is 3.03. The number of fused-ring (bicyclic) bond motifs is 1. The molecule has 0 aliphatic rings. The molecular formula is C17H23N3O3. The first-order chi connectivity index (χ1) is 10.7. The summed E-state index contributed by atoms with van der Waals surface area (Å²) < 4.78 is 1.38. The Hall–Kier alpha value is -2.21. The highest BCUT2D eigenvalue weighted by Crippen LogP contribution is 2.21. The molecule has 23 heavy (non-hydrogen) atoms. The Morgan fingerprint density at radius 1 is 1.48 bits per heavy atom. The van der Waals surface area contributed by atoms with Crippen LogP contribution in [0.15, 0.2) is 29.3 Å². The molecule has 2 rings (SSSR count). The van der Waals surface area contributed by atoms with E-state index in [9.17, 15) is 14.7 Å².